The quantitative estimate of drug-likeness (QED) is 0.154. The van der Waals surface area contributed by atoms with Gasteiger partial charge >= 0.3 is 0 Å². The third-order valence-electron chi connectivity index (χ3n) is 7.10. The summed E-state index contributed by atoms with van der Waals surface area (Å²) >= 11 is 1.66. The molecule has 1 heterocycles. The van der Waals surface area contributed by atoms with Gasteiger partial charge in [-0.2, -0.15) is 0 Å². The summed E-state index contributed by atoms with van der Waals surface area (Å²) in [6, 6.07) is 10.3. The van der Waals surface area contributed by atoms with Gasteiger partial charge in [0.05, 0.1) is 0 Å². The van der Waals surface area contributed by atoms with E-state index in [2.05, 4.69) is 38.3 Å². The Morgan fingerprint density at radius 2 is 1.12 bits per heavy atom. The van der Waals surface area contributed by atoms with Crippen LogP contribution in [0.15, 0.2) is 30.3 Å². The summed E-state index contributed by atoms with van der Waals surface area (Å²) in [6.07, 6.45) is 30.2. The molecule has 0 bridgehead atoms. The normalized spacial score (nSPS) is 11.2. The maximum atomic E-state index is 4.05. The Hall–Kier alpha value is -0.820. The van der Waals surface area contributed by atoms with Crippen molar-refractivity contribution in [2.75, 3.05) is 0 Å². The molecule has 2 radical (unpaired) electrons. The van der Waals surface area contributed by atoms with Gasteiger partial charge in [0.1, 0.15) is 0 Å². The Labute approximate surface area is 218 Å². The number of rotatable bonds is 21. The van der Waals surface area contributed by atoms with Crippen molar-refractivity contribution in [2.24, 2.45) is 5.92 Å². The highest BCUT2D eigenvalue weighted by Gasteiger charge is 2.08. The lowest BCUT2D eigenvalue weighted by Gasteiger charge is -2.16. The molecule has 0 atom stereocenters. The van der Waals surface area contributed by atoms with Crippen molar-refractivity contribution in [3.05, 3.63) is 42.6 Å². The highest BCUT2D eigenvalue weighted by Crippen LogP contribution is 2.24. The van der Waals surface area contributed by atoms with E-state index in [-0.39, 0.29) is 0 Å². The molecule has 0 N–H and O–H groups in total. The number of hydrogen-bond donors (Lipinski definition) is 0. The first-order valence-electron chi connectivity index (χ1n) is 15.0. The summed E-state index contributed by atoms with van der Waals surface area (Å²) in [5, 5.41) is 4.37. The van der Waals surface area contributed by atoms with Crippen LogP contribution in [0, 0.1) is 18.2 Å². The van der Waals surface area contributed by atoms with E-state index in [1.165, 1.54) is 139 Å². The third kappa shape index (κ3) is 17.6. The maximum Gasteiger partial charge on any atom is 0.0455 e. The van der Waals surface area contributed by atoms with Crippen LogP contribution < -0.4 is 0 Å². The fourth-order valence-electron chi connectivity index (χ4n) is 4.85. The minimum absolute atomic E-state index is 1.00. The monoisotopic (exact) mass is 484 g/mol. The van der Waals surface area contributed by atoms with Crippen molar-refractivity contribution in [3.63, 3.8) is 0 Å². The molecule has 2 rings (SSSR count). The summed E-state index contributed by atoms with van der Waals surface area (Å²) in [5.41, 5.74) is 0. The standard InChI is InChI=1S/C25H51.C8H5S/c1-4-7-10-12-14-16-18-20-23-25(22-9-6-3)24-21-19-17-15-13-11-8-5-2;1-2-4-8-7(3-1)5-6-9-8/h25H,3-24H2,1-2H3;1-5H. The van der Waals surface area contributed by atoms with E-state index in [1.807, 2.05) is 18.2 Å². The van der Waals surface area contributed by atoms with Gasteiger partial charge < -0.3 is 0 Å². The van der Waals surface area contributed by atoms with Crippen molar-refractivity contribution in [3.8, 4) is 0 Å². The molecule has 0 nitrogen and oxygen atoms in total. The molecule has 0 aliphatic rings. The molecular weight excluding hydrogens is 428 g/mol. The van der Waals surface area contributed by atoms with Crippen LogP contribution in [0.4, 0.5) is 0 Å². The lowest BCUT2D eigenvalue weighted by atomic mass is 9.90. The molecule has 34 heavy (non-hydrogen) atoms. The molecule has 1 aromatic heterocycles. The highest BCUT2D eigenvalue weighted by molar-refractivity contribution is 7.16. The second kappa shape index (κ2) is 23.9. The molecule has 1 heteroatoms. The minimum Gasteiger partial charge on any atom is -0.134 e. The Kier molecular flexibility index (Phi) is 21.9. The van der Waals surface area contributed by atoms with Crippen molar-refractivity contribution < 1.29 is 0 Å². The molecular formula is C33H56S. The van der Waals surface area contributed by atoms with Crippen molar-refractivity contribution in [1.82, 2.24) is 0 Å². The van der Waals surface area contributed by atoms with Gasteiger partial charge in [0.15, 0.2) is 0 Å². The smallest absolute Gasteiger partial charge is 0.0455 e. The van der Waals surface area contributed by atoms with Gasteiger partial charge in [0, 0.05) is 10.1 Å². The molecule has 0 unspecified atom stereocenters. The van der Waals surface area contributed by atoms with Gasteiger partial charge in [-0.3, -0.25) is 0 Å². The predicted octanol–water partition coefficient (Wildman–Crippen LogP) is 12.4. The number of thiophene rings is 1. The van der Waals surface area contributed by atoms with E-state index < -0.39 is 0 Å². The van der Waals surface area contributed by atoms with Gasteiger partial charge in [-0.1, -0.05) is 174 Å². The van der Waals surface area contributed by atoms with Crippen LogP contribution in [0.1, 0.15) is 149 Å². The van der Waals surface area contributed by atoms with Crippen molar-refractivity contribution >= 4 is 21.4 Å². The van der Waals surface area contributed by atoms with Gasteiger partial charge in [0.25, 0.3) is 0 Å². The second-order valence-electron chi connectivity index (χ2n) is 10.3. The van der Waals surface area contributed by atoms with Crippen LogP contribution >= 0.6 is 11.3 Å². The fraction of sp³-hybridized carbons (Fsp3) is 0.727. The van der Waals surface area contributed by atoms with Gasteiger partial charge in [-0.15, -0.1) is 11.3 Å². The molecule has 0 fully saturated rings. The van der Waals surface area contributed by atoms with Crippen molar-refractivity contribution in [1.29, 1.82) is 0 Å². The molecule has 1 aromatic carbocycles. The molecule has 0 amide bonds. The molecule has 0 spiro atoms. The number of benzene rings is 1. The van der Waals surface area contributed by atoms with E-state index >= 15 is 0 Å². The zero-order valence-electron chi connectivity index (χ0n) is 22.9. The van der Waals surface area contributed by atoms with E-state index in [0.717, 1.165) is 12.3 Å². The zero-order chi connectivity index (χ0) is 24.5. The van der Waals surface area contributed by atoms with Gasteiger partial charge in [0.2, 0.25) is 0 Å². The average molecular weight is 485 g/mol. The minimum atomic E-state index is 1.00. The predicted molar refractivity (Wildman–Crippen MR) is 158 cm³/mol. The summed E-state index contributed by atoms with van der Waals surface area (Å²) in [5.74, 6) is 1.00. The SMILES string of the molecule is [CH2]CCCC(CCCCCCCCCC)CCCCCCCCCC.[c]1cc2ccccc2s1. The maximum absolute atomic E-state index is 4.05. The van der Waals surface area contributed by atoms with Crippen LogP contribution in [-0.4, -0.2) is 0 Å². The largest absolute Gasteiger partial charge is 0.134 e. The number of unbranched alkanes of at least 4 members (excludes halogenated alkanes) is 15. The van der Waals surface area contributed by atoms with Gasteiger partial charge in [-0.25, -0.2) is 0 Å². The van der Waals surface area contributed by atoms with Crippen LogP contribution in [0.5, 0.6) is 0 Å². The van der Waals surface area contributed by atoms with E-state index in [0.29, 0.717) is 0 Å². The third-order valence-corrected chi connectivity index (χ3v) is 7.92. The Bertz CT molecular complexity index is 593. The van der Waals surface area contributed by atoms with Crippen LogP contribution in [0.25, 0.3) is 10.1 Å². The lowest BCUT2D eigenvalue weighted by molar-refractivity contribution is 0.372. The Morgan fingerprint density at radius 1 is 0.647 bits per heavy atom. The Balaban J connectivity index is 0.000000521. The van der Waals surface area contributed by atoms with E-state index in [9.17, 15) is 0 Å². The molecule has 0 aliphatic carbocycles. The second-order valence-corrected chi connectivity index (χ2v) is 11.2. The zero-order valence-corrected chi connectivity index (χ0v) is 23.7. The molecule has 0 saturated heterocycles. The lowest BCUT2D eigenvalue weighted by Crippen LogP contribution is -2.01. The topological polar surface area (TPSA) is 0 Å². The van der Waals surface area contributed by atoms with Gasteiger partial charge in [-0.05, 0) is 23.4 Å². The van der Waals surface area contributed by atoms with Crippen LogP contribution in [0.2, 0.25) is 0 Å². The summed E-state index contributed by atoms with van der Waals surface area (Å²) in [4.78, 5) is 0. The van der Waals surface area contributed by atoms with Crippen molar-refractivity contribution in [2.45, 2.75) is 149 Å². The summed E-state index contributed by atoms with van der Waals surface area (Å²) in [7, 11) is 0. The number of hydrogen-bond acceptors (Lipinski definition) is 1. The van der Waals surface area contributed by atoms with E-state index in [4.69, 9.17) is 0 Å². The molecule has 0 aliphatic heterocycles. The first kappa shape index (κ1) is 31.2. The Morgan fingerprint density at radius 3 is 1.62 bits per heavy atom. The van der Waals surface area contributed by atoms with Crippen LogP contribution in [0.3, 0.4) is 0 Å². The van der Waals surface area contributed by atoms with E-state index in [1.54, 1.807) is 11.3 Å². The van der Waals surface area contributed by atoms with Crippen LogP contribution in [-0.2, 0) is 0 Å². The molecule has 2 aromatic rings. The fourth-order valence-corrected chi connectivity index (χ4v) is 5.55. The first-order valence-corrected chi connectivity index (χ1v) is 15.8. The highest BCUT2D eigenvalue weighted by atomic mass is 32.1. The summed E-state index contributed by atoms with van der Waals surface area (Å²) in [6.45, 7) is 8.66. The molecule has 194 valence electrons. The first-order chi connectivity index (χ1) is 16.8. The summed E-state index contributed by atoms with van der Waals surface area (Å²) < 4.78 is 1.32. The number of fused-ring (bicyclic) bond motifs is 1. The molecule has 0 saturated carbocycles. The average Bonchev–Trinajstić information content (AvgIpc) is 3.34.